The summed E-state index contributed by atoms with van der Waals surface area (Å²) in [6.45, 7) is 7.58. The maximum atomic E-state index is 11.8. The molecular weight excluding hydrogens is 174 g/mol. The van der Waals surface area contributed by atoms with Crippen molar-refractivity contribution in [2.24, 2.45) is 5.92 Å². The van der Waals surface area contributed by atoms with Gasteiger partial charge in [0.2, 0.25) is 0 Å². The lowest BCUT2D eigenvalue weighted by Gasteiger charge is -2.15. The summed E-state index contributed by atoms with van der Waals surface area (Å²) >= 11 is 0. The van der Waals surface area contributed by atoms with E-state index in [1.807, 2.05) is 6.92 Å². The van der Waals surface area contributed by atoms with Gasteiger partial charge in [-0.1, -0.05) is 13.8 Å². The normalized spacial score (nSPS) is 14.1. The monoisotopic (exact) mass is 194 g/mol. The maximum absolute atomic E-state index is 11.8. The smallest absolute Gasteiger partial charge is 0.250 e. The van der Waals surface area contributed by atoms with Crippen LogP contribution in [-0.2, 0) is 0 Å². The molecule has 0 aliphatic heterocycles. The van der Waals surface area contributed by atoms with E-state index in [-0.39, 0.29) is 12.6 Å². The van der Waals surface area contributed by atoms with Crippen LogP contribution in [0.25, 0.3) is 0 Å². The topological polar surface area (TPSA) is 24.1 Å². The van der Waals surface area contributed by atoms with Crippen molar-refractivity contribution >= 4 is 0 Å². The molecule has 13 heavy (non-hydrogen) atoms. The number of nitrogens with one attached hydrogen (secondary N) is 2. The predicted molar refractivity (Wildman–Crippen MR) is 51.2 cm³/mol. The van der Waals surface area contributed by atoms with Gasteiger partial charge in [-0.2, -0.15) is 0 Å². The fourth-order valence-electron chi connectivity index (χ4n) is 0.951. The highest BCUT2D eigenvalue weighted by atomic mass is 19.3. The van der Waals surface area contributed by atoms with Crippen LogP contribution in [0.4, 0.5) is 8.78 Å². The molecule has 0 amide bonds. The van der Waals surface area contributed by atoms with E-state index < -0.39 is 6.43 Å². The molecule has 2 N–H and O–H groups in total. The summed E-state index contributed by atoms with van der Waals surface area (Å²) in [5.41, 5.74) is 0. The van der Waals surface area contributed by atoms with E-state index in [9.17, 15) is 8.78 Å². The third-order valence-corrected chi connectivity index (χ3v) is 1.62. The lowest BCUT2D eigenvalue weighted by molar-refractivity contribution is 0.142. The van der Waals surface area contributed by atoms with Gasteiger partial charge in [-0.15, -0.1) is 0 Å². The van der Waals surface area contributed by atoms with Gasteiger partial charge in [0.25, 0.3) is 6.43 Å². The molecule has 0 aliphatic rings. The first-order valence-corrected chi connectivity index (χ1v) is 4.74. The van der Waals surface area contributed by atoms with Crippen LogP contribution in [0, 0.1) is 5.92 Å². The number of hydrogen-bond donors (Lipinski definition) is 2. The Morgan fingerprint density at radius 2 is 1.62 bits per heavy atom. The van der Waals surface area contributed by atoms with Crippen LogP contribution < -0.4 is 10.6 Å². The molecule has 0 aromatic carbocycles. The van der Waals surface area contributed by atoms with E-state index in [1.54, 1.807) is 0 Å². The Labute approximate surface area is 79.1 Å². The van der Waals surface area contributed by atoms with Crippen LogP contribution in [0.2, 0.25) is 0 Å². The first-order chi connectivity index (χ1) is 6.02. The molecule has 0 heterocycles. The van der Waals surface area contributed by atoms with Crippen molar-refractivity contribution in [2.75, 3.05) is 19.6 Å². The summed E-state index contributed by atoms with van der Waals surface area (Å²) in [5, 5.41) is 5.94. The van der Waals surface area contributed by atoms with Crippen LogP contribution in [0.5, 0.6) is 0 Å². The van der Waals surface area contributed by atoms with E-state index in [0.717, 1.165) is 13.1 Å². The van der Waals surface area contributed by atoms with Crippen LogP contribution in [0.15, 0.2) is 0 Å². The molecule has 1 atom stereocenters. The highest BCUT2D eigenvalue weighted by molar-refractivity contribution is 4.64. The van der Waals surface area contributed by atoms with Crippen molar-refractivity contribution in [3.63, 3.8) is 0 Å². The Bertz CT molecular complexity index is 118. The number of alkyl halides is 2. The quantitative estimate of drug-likeness (QED) is 0.641. The van der Waals surface area contributed by atoms with Crippen LogP contribution >= 0.6 is 0 Å². The molecule has 0 saturated heterocycles. The van der Waals surface area contributed by atoms with E-state index in [4.69, 9.17) is 0 Å². The highest BCUT2D eigenvalue weighted by Crippen LogP contribution is 1.90. The van der Waals surface area contributed by atoms with Gasteiger partial charge in [-0.05, 0) is 19.4 Å². The number of halogens is 2. The minimum atomic E-state index is -2.26. The molecule has 0 bridgehead atoms. The minimum absolute atomic E-state index is 0.104. The third kappa shape index (κ3) is 9.70. The fourth-order valence-corrected chi connectivity index (χ4v) is 0.951. The van der Waals surface area contributed by atoms with Crippen LogP contribution in [0.3, 0.4) is 0 Å². The highest BCUT2D eigenvalue weighted by Gasteiger charge is 2.05. The number of hydrogen-bond acceptors (Lipinski definition) is 2. The lowest BCUT2D eigenvalue weighted by atomic mass is 10.2. The maximum Gasteiger partial charge on any atom is 0.250 e. The fraction of sp³-hybridized carbons (Fsp3) is 1.00. The van der Waals surface area contributed by atoms with Gasteiger partial charge >= 0.3 is 0 Å². The Morgan fingerprint density at radius 1 is 1.00 bits per heavy atom. The summed E-state index contributed by atoms with van der Waals surface area (Å²) in [6.07, 6.45) is -2.26. The molecule has 0 radical (unpaired) electrons. The van der Waals surface area contributed by atoms with E-state index in [1.165, 1.54) is 0 Å². The molecule has 1 unspecified atom stereocenters. The SMILES string of the molecule is CC(C)CNCC(C)NCC(F)F. The summed E-state index contributed by atoms with van der Waals surface area (Å²) in [6, 6.07) is 0.104. The molecular formula is C9H20F2N2. The molecule has 0 saturated carbocycles. The van der Waals surface area contributed by atoms with Crippen molar-refractivity contribution in [3.05, 3.63) is 0 Å². The zero-order valence-corrected chi connectivity index (χ0v) is 8.61. The molecule has 2 nitrogen and oxygen atoms in total. The van der Waals surface area contributed by atoms with Crippen molar-refractivity contribution in [2.45, 2.75) is 33.2 Å². The first kappa shape index (κ1) is 12.8. The summed E-state index contributed by atoms with van der Waals surface area (Å²) in [7, 11) is 0. The molecule has 0 spiro atoms. The van der Waals surface area contributed by atoms with E-state index >= 15 is 0 Å². The zero-order valence-electron chi connectivity index (χ0n) is 8.61. The Balaban J connectivity index is 3.25. The average Bonchev–Trinajstić information content (AvgIpc) is 2.00. The van der Waals surface area contributed by atoms with Crippen molar-refractivity contribution < 1.29 is 8.78 Å². The molecule has 80 valence electrons. The molecule has 0 aromatic rings. The second-order valence-electron chi connectivity index (χ2n) is 3.75. The van der Waals surface area contributed by atoms with E-state index in [0.29, 0.717) is 5.92 Å². The van der Waals surface area contributed by atoms with Crippen LogP contribution in [0.1, 0.15) is 20.8 Å². The van der Waals surface area contributed by atoms with Gasteiger partial charge in [0.15, 0.2) is 0 Å². The third-order valence-electron chi connectivity index (χ3n) is 1.62. The molecule has 0 fully saturated rings. The van der Waals surface area contributed by atoms with Gasteiger partial charge in [-0.3, -0.25) is 0 Å². The minimum Gasteiger partial charge on any atom is -0.315 e. The second-order valence-corrected chi connectivity index (χ2v) is 3.75. The van der Waals surface area contributed by atoms with Crippen molar-refractivity contribution in [3.8, 4) is 0 Å². The summed E-state index contributed by atoms with van der Waals surface area (Å²) in [5.74, 6) is 0.599. The van der Waals surface area contributed by atoms with Crippen LogP contribution in [-0.4, -0.2) is 32.1 Å². The Morgan fingerprint density at radius 3 is 2.08 bits per heavy atom. The standard InChI is InChI=1S/C9H20F2N2/c1-7(2)4-12-5-8(3)13-6-9(10)11/h7-9,12-13H,4-6H2,1-3H3. The van der Waals surface area contributed by atoms with E-state index in [2.05, 4.69) is 24.5 Å². The summed E-state index contributed by atoms with van der Waals surface area (Å²) < 4.78 is 23.5. The second kappa shape index (κ2) is 7.21. The van der Waals surface area contributed by atoms with Gasteiger partial charge in [0.05, 0.1) is 6.54 Å². The van der Waals surface area contributed by atoms with Crippen molar-refractivity contribution in [1.29, 1.82) is 0 Å². The van der Waals surface area contributed by atoms with Crippen molar-refractivity contribution in [1.82, 2.24) is 10.6 Å². The van der Waals surface area contributed by atoms with Gasteiger partial charge in [0, 0.05) is 12.6 Å². The van der Waals surface area contributed by atoms with Gasteiger partial charge in [0.1, 0.15) is 0 Å². The zero-order chi connectivity index (χ0) is 10.3. The number of rotatable bonds is 7. The summed E-state index contributed by atoms with van der Waals surface area (Å²) in [4.78, 5) is 0. The Hall–Kier alpha value is -0.220. The molecule has 4 heteroatoms. The lowest BCUT2D eigenvalue weighted by Crippen LogP contribution is -2.39. The van der Waals surface area contributed by atoms with Gasteiger partial charge in [-0.25, -0.2) is 8.78 Å². The average molecular weight is 194 g/mol. The Kier molecular flexibility index (Phi) is 7.09. The molecule has 0 rings (SSSR count). The first-order valence-electron chi connectivity index (χ1n) is 4.74. The predicted octanol–water partition coefficient (Wildman–Crippen LogP) is 1.48. The molecule has 0 aliphatic carbocycles. The largest absolute Gasteiger partial charge is 0.315 e. The van der Waals surface area contributed by atoms with Gasteiger partial charge < -0.3 is 10.6 Å². The molecule has 0 aromatic heterocycles.